The molecule has 1 aromatic carbocycles. The van der Waals surface area contributed by atoms with E-state index in [4.69, 9.17) is 33.7 Å². The molecule has 2 aromatic heterocycles. The van der Waals surface area contributed by atoms with Gasteiger partial charge >= 0.3 is 25.7 Å². The van der Waals surface area contributed by atoms with Crippen molar-refractivity contribution >= 4 is 37.0 Å². The summed E-state index contributed by atoms with van der Waals surface area (Å²) < 4.78 is 50.8. The summed E-state index contributed by atoms with van der Waals surface area (Å²) in [5.41, 5.74) is 5.17. The first-order valence-corrected chi connectivity index (χ1v) is 18.4. The Hall–Kier alpha value is -4.55. The van der Waals surface area contributed by atoms with Crippen molar-refractivity contribution < 1.29 is 46.9 Å². The molecule has 1 saturated heterocycles. The average Bonchev–Trinajstić information content (AvgIpc) is 3.59. The minimum Gasteiger partial charge on any atom is -0.461 e. The van der Waals surface area contributed by atoms with Gasteiger partial charge in [-0.15, -0.1) is 0 Å². The second kappa shape index (κ2) is 14.5. The number of carbonyl (C=O) groups is 3. The van der Waals surface area contributed by atoms with Gasteiger partial charge in [0, 0.05) is 13.8 Å². The third kappa shape index (κ3) is 8.23. The van der Waals surface area contributed by atoms with E-state index in [1.807, 2.05) is 32.9 Å². The van der Waals surface area contributed by atoms with E-state index in [0.717, 1.165) is 19.4 Å². The zero-order chi connectivity index (χ0) is 38.2. The lowest BCUT2D eigenvalue weighted by Crippen LogP contribution is -2.46. The molecule has 16 nitrogen and oxygen atoms in total. The number of aromatic nitrogens is 3. The van der Waals surface area contributed by atoms with Crippen LogP contribution in [0.2, 0.25) is 0 Å². The lowest BCUT2D eigenvalue weighted by molar-refractivity contribution is -0.166. The molecule has 3 N–H and O–H groups in total. The number of rotatable bonds is 12. The van der Waals surface area contributed by atoms with Gasteiger partial charge in [0.25, 0.3) is 0 Å². The van der Waals surface area contributed by atoms with E-state index in [2.05, 4.69) is 35.1 Å². The van der Waals surface area contributed by atoms with E-state index in [9.17, 15) is 24.2 Å². The number of nitrogens with one attached hydrogen (secondary N) is 1. The van der Waals surface area contributed by atoms with Crippen LogP contribution in [0.3, 0.4) is 0 Å². The van der Waals surface area contributed by atoms with Gasteiger partial charge in [-0.25, -0.2) is 14.1 Å². The number of nitrogens with zero attached hydrogens (tertiary/aromatic N) is 4. The summed E-state index contributed by atoms with van der Waals surface area (Å²) in [4.78, 5) is 41.9. The van der Waals surface area contributed by atoms with Gasteiger partial charge in [-0.1, -0.05) is 46.8 Å². The SMILES string of the molecule is CC(=O)O[C@H]1[C@@H](OC(C)=O)[C@](C#N)(c2ccc3c(N)ncnn23)O[C@@H]1COP(=O)(N[C@@H](C)C(=O)OC1CC(C)(C)C1)Oc1ccc(C(C)(C)C)cc1. The van der Waals surface area contributed by atoms with Crippen LogP contribution < -0.4 is 15.3 Å². The first kappa shape index (κ1) is 38.7. The third-order valence-corrected chi connectivity index (χ3v) is 10.6. The first-order chi connectivity index (χ1) is 24.3. The highest BCUT2D eigenvalue weighted by Gasteiger charge is 2.62. The van der Waals surface area contributed by atoms with Gasteiger partial charge in [-0.3, -0.25) is 18.9 Å². The molecule has 2 fully saturated rings. The van der Waals surface area contributed by atoms with E-state index in [1.165, 1.54) is 23.8 Å². The number of fused-ring (bicyclic) bond motifs is 1. The smallest absolute Gasteiger partial charge is 0.459 e. The fourth-order valence-corrected chi connectivity index (χ4v) is 7.90. The number of nitrogen functional groups attached to an aromatic ring is 1. The molecule has 6 atom stereocenters. The van der Waals surface area contributed by atoms with Crippen LogP contribution in [-0.4, -0.2) is 69.6 Å². The molecule has 17 heteroatoms. The summed E-state index contributed by atoms with van der Waals surface area (Å²) in [5, 5.41) is 17.6. The lowest BCUT2D eigenvalue weighted by atomic mass is 9.70. The molecular formula is C35H45N6O10P. The summed E-state index contributed by atoms with van der Waals surface area (Å²) in [6.45, 7) is 13.3. The number of hydrogen-bond acceptors (Lipinski definition) is 14. The molecule has 1 unspecified atom stereocenters. The van der Waals surface area contributed by atoms with Crippen LogP contribution in [0.1, 0.15) is 79.5 Å². The number of nitrogens with two attached hydrogens (primary N) is 1. The highest BCUT2D eigenvalue weighted by atomic mass is 31.2. The highest BCUT2D eigenvalue weighted by molar-refractivity contribution is 7.52. The minimum atomic E-state index is -4.49. The Labute approximate surface area is 301 Å². The molecule has 3 aromatic rings. The van der Waals surface area contributed by atoms with Crippen LogP contribution >= 0.6 is 7.75 Å². The Bertz CT molecular complexity index is 1910. The third-order valence-electron chi connectivity index (χ3n) is 8.93. The Morgan fingerprint density at radius 3 is 2.33 bits per heavy atom. The Balaban J connectivity index is 1.47. The van der Waals surface area contributed by atoms with Crippen LogP contribution in [-0.2, 0) is 53.4 Å². The van der Waals surface area contributed by atoms with Crippen molar-refractivity contribution in [2.75, 3.05) is 12.3 Å². The molecule has 0 spiro atoms. The van der Waals surface area contributed by atoms with Crippen molar-refractivity contribution in [1.29, 1.82) is 5.26 Å². The summed E-state index contributed by atoms with van der Waals surface area (Å²) in [5.74, 6) is -2.00. The van der Waals surface area contributed by atoms with Crippen LogP contribution in [0.15, 0.2) is 42.7 Å². The van der Waals surface area contributed by atoms with Crippen molar-refractivity contribution in [3.63, 3.8) is 0 Å². The van der Waals surface area contributed by atoms with E-state index < -0.39 is 62.2 Å². The summed E-state index contributed by atoms with van der Waals surface area (Å²) >= 11 is 0. The molecule has 1 aliphatic heterocycles. The fourth-order valence-electron chi connectivity index (χ4n) is 6.40. The van der Waals surface area contributed by atoms with E-state index in [1.54, 1.807) is 18.2 Å². The van der Waals surface area contributed by atoms with Gasteiger partial charge in [-0.2, -0.15) is 15.4 Å². The molecule has 1 saturated carbocycles. The van der Waals surface area contributed by atoms with Crippen molar-refractivity contribution in [3.8, 4) is 11.8 Å². The van der Waals surface area contributed by atoms with Crippen LogP contribution in [0.25, 0.3) is 5.52 Å². The minimum absolute atomic E-state index is 0.0530. The molecule has 1 aliphatic carbocycles. The maximum Gasteiger partial charge on any atom is 0.459 e. The van der Waals surface area contributed by atoms with Gasteiger partial charge in [0.05, 0.1) is 12.3 Å². The van der Waals surface area contributed by atoms with E-state index >= 15 is 0 Å². The predicted molar refractivity (Wildman–Crippen MR) is 185 cm³/mol. The number of anilines is 1. The highest BCUT2D eigenvalue weighted by Crippen LogP contribution is 2.49. The predicted octanol–water partition coefficient (Wildman–Crippen LogP) is 4.50. The molecule has 3 heterocycles. The number of esters is 3. The maximum atomic E-state index is 14.6. The average molecular weight is 741 g/mol. The van der Waals surface area contributed by atoms with Gasteiger partial charge in [0.15, 0.2) is 18.0 Å². The molecular weight excluding hydrogens is 695 g/mol. The monoisotopic (exact) mass is 740 g/mol. The number of benzene rings is 1. The van der Waals surface area contributed by atoms with Crippen molar-refractivity contribution in [2.45, 2.75) is 110 Å². The number of nitriles is 1. The second-order valence-electron chi connectivity index (χ2n) is 14.9. The molecule has 52 heavy (non-hydrogen) atoms. The Morgan fingerprint density at radius 2 is 1.75 bits per heavy atom. The van der Waals surface area contributed by atoms with Gasteiger partial charge in [-0.05, 0) is 60.4 Å². The zero-order valence-corrected chi connectivity index (χ0v) is 31.3. The van der Waals surface area contributed by atoms with E-state index in [0.29, 0.717) is 18.4 Å². The molecule has 5 rings (SSSR count). The largest absolute Gasteiger partial charge is 0.461 e. The molecule has 2 aliphatic rings. The molecule has 0 bridgehead atoms. The Morgan fingerprint density at radius 1 is 1.10 bits per heavy atom. The standard InChI is InChI=1S/C35H45N6O10P/c1-20(32(44)49-25-15-34(7,8)16-25)40-52(45,51-24-11-9-23(10-12-24)33(4,5)6)46-17-27-29(47-21(2)42)30(48-22(3)43)35(18-36,50-27)28-14-13-26-31(37)38-19-39-41(26)28/h9-14,19-20,25,27,29-30H,15-17H2,1-8H3,(H,40,45)(H2,37,38,39)/t20-,27+,29+,30+,35-,52?/m0/s1. The molecule has 280 valence electrons. The summed E-state index contributed by atoms with van der Waals surface area (Å²) in [6.07, 6.45) is -2.12. The number of carbonyl (C=O) groups excluding carboxylic acids is 3. The van der Waals surface area contributed by atoms with Gasteiger partial charge in [0.1, 0.15) is 41.9 Å². The van der Waals surface area contributed by atoms with Crippen molar-refractivity contribution in [3.05, 3.63) is 54.0 Å². The van der Waals surface area contributed by atoms with E-state index in [-0.39, 0.29) is 34.2 Å². The van der Waals surface area contributed by atoms with Gasteiger partial charge in [0.2, 0.25) is 5.60 Å². The summed E-state index contributed by atoms with van der Waals surface area (Å²) in [6, 6.07) is 10.8. The van der Waals surface area contributed by atoms with Crippen molar-refractivity contribution in [1.82, 2.24) is 19.7 Å². The fraction of sp³-hybridized carbons (Fsp3) is 0.543. The normalized spacial score (nSPS) is 24.6. The molecule has 0 amide bonds. The van der Waals surface area contributed by atoms with Gasteiger partial charge < -0.3 is 29.2 Å². The van der Waals surface area contributed by atoms with Crippen LogP contribution in [0.4, 0.5) is 5.82 Å². The zero-order valence-electron chi connectivity index (χ0n) is 30.4. The summed E-state index contributed by atoms with van der Waals surface area (Å²) in [7, 11) is -4.49. The number of ether oxygens (including phenoxy) is 4. The molecule has 0 radical (unpaired) electrons. The first-order valence-electron chi connectivity index (χ1n) is 16.8. The number of hydrogen-bond donors (Lipinski definition) is 2. The Kier molecular flexibility index (Phi) is 10.8. The quantitative estimate of drug-likeness (QED) is 0.148. The maximum absolute atomic E-state index is 14.6. The second-order valence-corrected chi connectivity index (χ2v) is 16.6. The topological polar surface area (TPSA) is 216 Å². The van der Waals surface area contributed by atoms with Crippen LogP contribution in [0, 0.1) is 16.7 Å². The van der Waals surface area contributed by atoms with Crippen LogP contribution in [0.5, 0.6) is 5.75 Å². The lowest BCUT2D eigenvalue weighted by Gasteiger charge is -2.42. The van der Waals surface area contributed by atoms with Crippen molar-refractivity contribution in [2.24, 2.45) is 5.41 Å².